The Morgan fingerprint density at radius 1 is 0.683 bits per heavy atom. The SMILES string of the molecule is COc1ccc(CO[C@@H]([C@H](C)[C@H](C/C=C/C[C@H](C)[C@@H](CBr)O[Si](c2ccccc2)(c2ccccc2)C(C)(C)C)O[Si](C)(C)C(C)(C)C)[C@H](C)COS(=O)(=O)c2ccc(C)cc2)cc1. The molecule has 7 nitrogen and oxygen atoms in total. The Morgan fingerprint density at radius 2 is 1.22 bits per heavy atom. The number of hydrogen-bond acceptors (Lipinski definition) is 7. The van der Waals surface area contributed by atoms with Gasteiger partial charge in [-0.2, -0.15) is 8.42 Å². The number of halogens is 1. The summed E-state index contributed by atoms with van der Waals surface area (Å²) >= 11 is 3.88. The monoisotopic (exact) mass is 978 g/mol. The first-order valence-electron chi connectivity index (χ1n) is 22.4. The number of methoxy groups -OCH3 is 1. The first kappa shape index (κ1) is 52.7. The molecular weight excluding hydrogens is 905 g/mol. The van der Waals surface area contributed by atoms with Gasteiger partial charge in [0.15, 0.2) is 8.32 Å². The molecule has 0 bridgehead atoms. The highest BCUT2D eigenvalue weighted by molar-refractivity contribution is 9.09. The predicted octanol–water partition coefficient (Wildman–Crippen LogP) is 12.3. The molecule has 0 aliphatic rings. The van der Waals surface area contributed by atoms with Crippen molar-refractivity contribution in [1.82, 2.24) is 0 Å². The van der Waals surface area contributed by atoms with Crippen LogP contribution in [0.25, 0.3) is 0 Å². The summed E-state index contributed by atoms with van der Waals surface area (Å²) in [5, 5.41) is 3.10. The van der Waals surface area contributed by atoms with Crippen LogP contribution >= 0.6 is 15.9 Å². The summed E-state index contributed by atoms with van der Waals surface area (Å²) in [5.74, 6) is 0.584. The maximum Gasteiger partial charge on any atom is 0.296 e. The van der Waals surface area contributed by atoms with E-state index in [1.165, 1.54) is 10.4 Å². The molecule has 63 heavy (non-hydrogen) atoms. The van der Waals surface area contributed by atoms with Crippen molar-refractivity contribution in [2.24, 2.45) is 17.8 Å². The van der Waals surface area contributed by atoms with Gasteiger partial charge in [-0.15, -0.1) is 0 Å². The lowest BCUT2D eigenvalue weighted by Gasteiger charge is -2.46. The van der Waals surface area contributed by atoms with Crippen molar-refractivity contribution in [3.8, 4) is 5.75 Å². The van der Waals surface area contributed by atoms with Crippen molar-refractivity contribution in [2.45, 2.75) is 135 Å². The standard InChI is InChI=1S/C52H75BrO7SSi2/c1-39-28-34-45(35-29-39)61(54,55)58-37-41(3)50(57-38-43-30-32-44(56-11)33-31-43)42(4)48(59-62(12,13)51(5,6)7)27-21-20-22-40(2)49(36-53)60-63(52(8,9)10,46-23-16-14-17-24-46)47-25-18-15-19-26-47/h14-21,23-26,28-35,40-42,48-50H,22,27,36-38H2,1-13H3/b21-20+/t40-,41+,42+,48-,49+,50+/m0/s1. The van der Waals surface area contributed by atoms with E-state index in [-0.39, 0.29) is 57.6 Å². The zero-order valence-electron chi connectivity index (χ0n) is 40.2. The Hall–Kier alpha value is -2.88. The van der Waals surface area contributed by atoms with Crippen LogP contribution in [-0.2, 0) is 34.5 Å². The van der Waals surface area contributed by atoms with Gasteiger partial charge in [-0.1, -0.05) is 181 Å². The summed E-state index contributed by atoms with van der Waals surface area (Å²) < 4.78 is 59.6. The molecule has 4 aromatic rings. The third kappa shape index (κ3) is 14.1. The van der Waals surface area contributed by atoms with Crippen LogP contribution in [0.3, 0.4) is 0 Å². The summed E-state index contributed by atoms with van der Waals surface area (Å²) in [6, 6.07) is 36.2. The number of aryl methyl sites for hydroxylation is 1. The molecule has 0 amide bonds. The largest absolute Gasteiger partial charge is 0.497 e. The molecule has 0 aromatic heterocycles. The number of alkyl halides is 1. The van der Waals surface area contributed by atoms with E-state index >= 15 is 0 Å². The van der Waals surface area contributed by atoms with E-state index in [0.29, 0.717) is 18.4 Å². The predicted molar refractivity (Wildman–Crippen MR) is 270 cm³/mol. The van der Waals surface area contributed by atoms with Crippen LogP contribution in [0, 0.1) is 24.7 Å². The molecule has 4 aromatic carbocycles. The van der Waals surface area contributed by atoms with Crippen molar-refractivity contribution in [3.05, 3.63) is 132 Å². The lowest BCUT2D eigenvalue weighted by atomic mass is 9.88. The second-order valence-corrected chi connectivity index (χ2v) is 31.1. The van der Waals surface area contributed by atoms with Gasteiger partial charge in [-0.25, -0.2) is 0 Å². The normalized spacial score (nSPS) is 16.0. The Kier molecular flexibility index (Phi) is 19.3. The number of allylic oxidation sites excluding steroid dienone is 1. The molecule has 0 heterocycles. The number of ether oxygens (including phenoxy) is 2. The highest BCUT2D eigenvalue weighted by Crippen LogP contribution is 2.41. The molecule has 0 saturated carbocycles. The zero-order valence-corrected chi connectivity index (χ0v) is 44.6. The van der Waals surface area contributed by atoms with Crippen molar-refractivity contribution >= 4 is 53.1 Å². The average Bonchev–Trinajstić information content (AvgIpc) is 3.24. The molecule has 346 valence electrons. The van der Waals surface area contributed by atoms with Gasteiger partial charge in [0.25, 0.3) is 18.4 Å². The quantitative estimate of drug-likeness (QED) is 0.0317. The van der Waals surface area contributed by atoms with Crippen LogP contribution in [0.5, 0.6) is 5.75 Å². The third-order valence-electron chi connectivity index (χ3n) is 12.9. The summed E-state index contributed by atoms with van der Waals surface area (Å²) in [6.07, 6.45) is 5.43. The molecule has 0 saturated heterocycles. The Balaban J connectivity index is 1.62. The van der Waals surface area contributed by atoms with Crippen LogP contribution in [0.1, 0.15) is 86.3 Å². The number of hydrogen-bond donors (Lipinski definition) is 0. The summed E-state index contributed by atoms with van der Waals surface area (Å²) in [6.45, 7) is 27.0. The molecule has 4 rings (SSSR count). The summed E-state index contributed by atoms with van der Waals surface area (Å²) in [5.41, 5.74) is 1.97. The summed E-state index contributed by atoms with van der Waals surface area (Å²) in [7, 11) is -7.36. The lowest BCUT2D eigenvalue weighted by Crippen LogP contribution is -2.68. The van der Waals surface area contributed by atoms with Gasteiger partial charge in [0.1, 0.15) is 5.75 Å². The van der Waals surface area contributed by atoms with Crippen molar-refractivity contribution in [1.29, 1.82) is 0 Å². The molecule has 0 N–H and O–H groups in total. The topological polar surface area (TPSA) is 80.3 Å². The van der Waals surface area contributed by atoms with Gasteiger partial charge in [0, 0.05) is 17.2 Å². The van der Waals surface area contributed by atoms with E-state index in [1.807, 2.05) is 38.1 Å². The van der Waals surface area contributed by atoms with E-state index in [9.17, 15) is 8.42 Å². The van der Waals surface area contributed by atoms with Crippen LogP contribution < -0.4 is 15.1 Å². The molecule has 0 radical (unpaired) electrons. The van der Waals surface area contributed by atoms with Crippen molar-refractivity contribution < 1.29 is 30.9 Å². The minimum absolute atomic E-state index is 0.0269. The molecular formula is C52H75BrO7SSi2. The number of benzene rings is 4. The van der Waals surface area contributed by atoms with E-state index in [0.717, 1.165) is 23.3 Å². The Morgan fingerprint density at radius 3 is 1.71 bits per heavy atom. The second-order valence-electron chi connectivity index (χ2n) is 19.8. The lowest BCUT2D eigenvalue weighted by molar-refractivity contribution is -0.0684. The fourth-order valence-corrected chi connectivity index (χ4v) is 16.1. The maximum absolute atomic E-state index is 13.4. The highest BCUT2D eigenvalue weighted by Gasteiger charge is 2.52. The second kappa shape index (κ2) is 23.0. The fraction of sp³-hybridized carbons (Fsp3) is 0.500. The van der Waals surface area contributed by atoms with Crippen LogP contribution in [0.2, 0.25) is 23.2 Å². The minimum atomic E-state index is -3.98. The molecule has 0 spiro atoms. The smallest absolute Gasteiger partial charge is 0.296 e. The molecule has 0 unspecified atom stereocenters. The summed E-state index contributed by atoms with van der Waals surface area (Å²) in [4.78, 5) is 0.140. The third-order valence-corrected chi connectivity index (χ3v) is 24.4. The first-order chi connectivity index (χ1) is 29.6. The molecule has 6 atom stereocenters. The first-order valence-corrected chi connectivity index (χ1v) is 29.8. The van der Waals surface area contributed by atoms with Gasteiger partial charge in [0.05, 0.1) is 43.5 Å². The van der Waals surface area contributed by atoms with E-state index in [1.54, 1.807) is 31.4 Å². The van der Waals surface area contributed by atoms with Crippen LogP contribution in [0.4, 0.5) is 0 Å². The molecule has 0 fully saturated rings. The van der Waals surface area contributed by atoms with Crippen molar-refractivity contribution in [3.63, 3.8) is 0 Å². The minimum Gasteiger partial charge on any atom is -0.497 e. The van der Waals surface area contributed by atoms with Crippen molar-refractivity contribution in [2.75, 3.05) is 19.0 Å². The van der Waals surface area contributed by atoms with E-state index in [2.05, 4.69) is 157 Å². The Labute approximate surface area is 391 Å². The number of rotatable bonds is 23. The van der Waals surface area contributed by atoms with Gasteiger partial charge < -0.3 is 18.3 Å². The molecule has 11 heteroatoms. The average molecular weight is 980 g/mol. The van der Waals surface area contributed by atoms with Gasteiger partial charge in [-0.3, -0.25) is 4.18 Å². The van der Waals surface area contributed by atoms with Gasteiger partial charge in [-0.05, 0) is 89.1 Å². The van der Waals surface area contributed by atoms with Crippen LogP contribution in [-0.4, -0.2) is 62.4 Å². The molecule has 0 aliphatic heterocycles. The zero-order chi connectivity index (χ0) is 46.6. The van der Waals surface area contributed by atoms with E-state index in [4.69, 9.17) is 22.5 Å². The highest BCUT2D eigenvalue weighted by atomic mass is 79.9. The van der Waals surface area contributed by atoms with Crippen LogP contribution in [0.15, 0.2) is 126 Å². The maximum atomic E-state index is 13.4. The van der Waals surface area contributed by atoms with Gasteiger partial charge >= 0.3 is 0 Å². The fourth-order valence-electron chi connectivity index (χ4n) is 7.86. The Bertz CT molecular complexity index is 2060. The van der Waals surface area contributed by atoms with E-state index < -0.39 is 26.8 Å². The van der Waals surface area contributed by atoms with Gasteiger partial charge in [0.2, 0.25) is 0 Å². The molecule has 0 aliphatic carbocycles.